The van der Waals surface area contributed by atoms with Crippen LogP contribution in [0.5, 0.6) is 0 Å². The zero-order chi connectivity index (χ0) is 13.9. The molecule has 19 heavy (non-hydrogen) atoms. The lowest BCUT2D eigenvalue weighted by Crippen LogP contribution is -2.40. The van der Waals surface area contributed by atoms with Crippen LogP contribution in [0.4, 0.5) is 0 Å². The molecule has 0 N–H and O–H groups in total. The molecule has 6 heteroatoms. The largest absolute Gasteiger partial charge is 0.379 e. The quantitative estimate of drug-likeness (QED) is 0.781. The predicted octanol–water partition coefficient (Wildman–Crippen LogP) is 1.30. The van der Waals surface area contributed by atoms with E-state index in [0.29, 0.717) is 38.3 Å². The molecule has 5 nitrogen and oxygen atoms in total. The van der Waals surface area contributed by atoms with Gasteiger partial charge in [0.2, 0.25) is 10.0 Å². The topological polar surface area (TPSA) is 63.7 Å². The van der Waals surface area contributed by atoms with Gasteiger partial charge in [0.05, 0.1) is 18.1 Å². The first-order valence-electron chi connectivity index (χ1n) is 6.27. The van der Waals surface area contributed by atoms with Gasteiger partial charge in [0.15, 0.2) is 5.78 Å². The zero-order valence-electron chi connectivity index (χ0n) is 10.8. The third kappa shape index (κ3) is 3.02. The summed E-state index contributed by atoms with van der Waals surface area (Å²) in [4.78, 5) is 11.8. The van der Waals surface area contributed by atoms with E-state index in [4.69, 9.17) is 4.74 Å². The van der Waals surface area contributed by atoms with Crippen molar-refractivity contribution in [3.63, 3.8) is 0 Å². The first-order chi connectivity index (χ1) is 9.05. The number of morpholine rings is 1. The van der Waals surface area contributed by atoms with E-state index in [9.17, 15) is 13.2 Å². The maximum atomic E-state index is 12.4. The van der Waals surface area contributed by atoms with Crippen molar-refractivity contribution < 1.29 is 17.9 Å². The summed E-state index contributed by atoms with van der Waals surface area (Å²) in [6, 6.07) is 6.23. The predicted molar refractivity (Wildman–Crippen MR) is 70.6 cm³/mol. The van der Waals surface area contributed by atoms with Crippen LogP contribution < -0.4 is 0 Å². The summed E-state index contributed by atoms with van der Waals surface area (Å²) in [6.07, 6.45) is 0.362. The van der Waals surface area contributed by atoms with E-state index in [1.54, 1.807) is 19.1 Å². The van der Waals surface area contributed by atoms with E-state index in [2.05, 4.69) is 0 Å². The number of hydrogen-bond donors (Lipinski definition) is 0. The number of carbonyl (C=O) groups excluding carboxylic acids is 1. The van der Waals surface area contributed by atoms with Gasteiger partial charge in [0.1, 0.15) is 0 Å². The fourth-order valence-electron chi connectivity index (χ4n) is 1.97. The molecule has 1 aliphatic heterocycles. The fourth-order valence-corrected chi connectivity index (χ4v) is 3.42. The molecular weight excluding hydrogens is 266 g/mol. The number of nitrogens with zero attached hydrogens (tertiary/aromatic N) is 1. The van der Waals surface area contributed by atoms with Gasteiger partial charge < -0.3 is 4.74 Å². The van der Waals surface area contributed by atoms with Crippen molar-refractivity contribution in [3.8, 4) is 0 Å². The number of ketones is 1. The van der Waals surface area contributed by atoms with Gasteiger partial charge in [-0.2, -0.15) is 4.31 Å². The third-order valence-electron chi connectivity index (χ3n) is 3.08. The smallest absolute Gasteiger partial charge is 0.243 e. The minimum Gasteiger partial charge on any atom is -0.379 e. The van der Waals surface area contributed by atoms with Crippen molar-refractivity contribution in [2.45, 2.75) is 18.2 Å². The zero-order valence-corrected chi connectivity index (χ0v) is 11.6. The van der Waals surface area contributed by atoms with Crippen molar-refractivity contribution in [1.29, 1.82) is 0 Å². The third-order valence-corrected chi connectivity index (χ3v) is 4.98. The van der Waals surface area contributed by atoms with Crippen LogP contribution in [0.25, 0.3) is 0 Å². The van der Waals surface area contributed by atoms with Gasteiger partial charge in [0.25, 0.3) is 0 Å². The minimum absolute atomic E-state index is 0.0565. The SMILES string of the molecule is CCC(=O)c1cccc(S(=O)(=O)N2CCOCC2)c1. The number of ether oxygens (including phenoxy) is 1. The van der Waals surface area contributed by atoms with Gasteiger partial charge in [-0.1, -0.05) is 19.1 Å². The Balaban J connectivity index is 2.32. The summed E-state index contributed by atoms with van der Waals surface area (Å²) in [7, 11) is -3.53. The van der Waals surface area contributed by atoms with Crippen molar-refractivity contribution >= 4 is 15.8 Å². The Morgan fingerprint density at radius 2 is 2.00 bits per heavy atom. The van der Waals surface area contributed by atoms with Gasteiger partial charge in [-0.25, -0.2) is 8.42 Å². The summed E-state index contributed by atoms with van der Waals surface area (Å²) >= 11 is 0. The number of hydrogen-bond acceptors (Lipinski definition) is 4. The first-order valence-corrected chi connectivity index (χ1v) is 7.71. The molecule has 1 heterocycles. The maximum Gasteiger partial charge on any atom is 0.243 e. The van der Waals surface area contributed by atoms with Crippen LogP contribution in [0.2, 0.25) is 0 Å². The van der Waals surface area contributed by atoms with Gasteiger partial charge in [-0.15, -0.1) is 0 Å². The Morgan fingerprint density at radius 1 is 1.32 bits per heavy atom. The molecule has 1 aromatic rings. The standard InChI is InChI=1S/C13H17NO4S/c1-2-13(15)11-4-3-5-12(10-11)19(16,17)14-6-8-18-9-7-14/h3-5,10H,2,6-9H2,1H3. The molecule has 0 bridgehead atoms. The van der Waals surface area contributed by atoms with Gasteiger partial charge in [-0.3, -0.25) is 4.79 Å². The van der Waals surface area contributed by atoms with Crippen molar-refractivity contribution in [2.75, 3.05) is 26.3 Å². The molecule has 2 rings (SSSR count). The molecule has 0 radical (unpaired) electrons. The van der Waals surface area contributed by atoms with Gasteiger partial charge >= 0.3 is 0 Å². The molecule has 1 fully saturated rings. The fraction of sp³-hybridized carbons (Fsp3) is 0.462. The lowest BCUT2D eigenvalue weighted by Gasteiger charge is -2.26. The number of rotatable bonds is 4. The van der Waals surface area contributed by atoms with Gasteiger partial charge in [-0.05, 0) is 12.1 Å². The molecule has 104 valence electrons. The van der Waals surface area contributed by atoms with E-state index in [-0.39, 0.29) is 10.7 Å². The van der Waals surface area contributed by atoms with Crippen LogP contribution in [-0.2, 0) is 14.8 Å². The van der Waals surface area contributed by atoms with Crippen LogP contribution in [0.3, 0.4) is 0 Å². The maximum absolute atomic E-state index is 12.4. The average molecular weight is 283 g/mol. The normalized spacial score (nSPS) is 17.3. The molecule has 1 aromatic carbocycles. The van der Waals surface area contributed by atoms with E-state index in [1.165, 1.54) is 16.4 Å². The highest BCUT2D eigenvalue weighted by Crippen LogP contribution is 2.18. The number of carbonyl (C=O) groups is 1. The van der Waals surface area contributed by atoms with Crippen LogP contribution >= 0.6 is 0 Å². The van der Waals surface area contributed by atoms with E-state index in [0.717, 1.165) is 0 Å². The second-order valence-corrected chi connectivity index (χ2v) is 6.26. The summed E-state index contributed by atoms with van der Waals surface area (Å²) in [5.41, 5.74) is 0.442. The van der Waals surface area contributed by atoms with E-state index < -0.39 is 10.0 Å². The highest BCUT2D eigenvalue weighted by molar-refractivity contribution is 7.89. The molecule has 1 aliphatic rings. The van der Waals surface area contributed by atoms with Crippen molar-refractivity contribution in [1.82, 2.24) is 4.31 Å². The molecule has 0 atom stereocenters. The second-order valence-electron chi connectivity index (χ2n) is 4.32. The molecule has 0 aliphatic carbocycles. The Kier molecular flexibility index (Phi) is 4.34. The molecule has 0 aromatic heterocycles. The Labute approximate surface area is 113 Å². The van der Waals surface area contributed by atoms with E-state index in [1.807, 2.05) is 0 Å². The Bertz CT molecular complexity index is 562. The molecule has 1 saturated heterocycles. The first kappa shape index (κ1) is 14.2. The molecule has 0 spiro atoms. The molecule has 0 unspecified atom stereocenters. The Morgan fingerprint density at radius 3 is 2.63 bits per heavy atom. The van der Waals surface area contributed by atoms with Crippen LogP contribution in [0.15, 0.2) is 29.2 Å². The van der Waals surface area contributed by atoms with Crippen LogP contribution in [-0.4, -0.2) is 44.8 Å². The number of benzene rings is 1. The highest BCUT2D eigenvalue weighted by atomic mass is 32.2. The number of sulfonamides is 1. The highest BCUT2D eigenvalue weighted by Gasteiger charge is 2.26. The second kappa shape index (κ2) is 5.81. The van der Waals surface area contributed by atoms with Crippen molar-refractivity contribution in [2.24, 2.45) is 0 Å². The summed E-state index contributed by atoms with van der Waals surface area (Å²) in [5.74, 6) is -0.0565. The average Bonchev–Trinajstić information content (AvgIpc) is 2.47. The van der Waals surface area contributed by atoms with Crippen molar-refractivity contribution in [3.05, 3.63) is 29.8 Å². The minimum atomic E-state index is -3.53. The monoisotopic (exact) mass is 283 g/mol. The molecular formula is C13H17NO4S. The lowest BCUT2D eigenvalue weighted by molar-refractivity contribution is 0.0730. The molecule has 0 amide bonds. The number of Topliss-reactive ketones (excluding diaryl/α,β-unsaturated/α-hetero) is 1. The molecule has 0 saturated carbocycles. The van der Waals surface area contributed by atoms with E-state index >= 15 is 0 Å². The van der Waals surface area contributed by atoms with Gasteiger partial charge in [0, 0.05) is 25.1 Å². The lowest BCUT2D eigenvalue weighted by atomic mass is 10.1. The van der Waals surface area contributed by atoms with Crippen LogP contribution in [0.1, 0.15) is 23.7 Å². The summed E-state index contributed by atoms with van der Waals surface area (Å²) in [6.45, 7) is 3.29. The van der Waals surface area contributed by atoms with Crippen LogP contribution in [0, 0.1) is 0 Å². The summed E-state index contributed by atoms with van der Waals surface area (Å²) in [5, 5.41) is 0. The summed E-state index contributed by atoms with van der Waals surface area (Å²) < 4.78 is 31.4. The Hall–Kier alpha value is -1.24.